The molecule has 0 aliphatic carbocycles. The summed E-state index contributed by atoms with van der Waals surface area (Å²) in [5.41, 5.74) is 4.04. The Labute approximate surface area is 123 Å². The molecule has 1 aliphatic heterocycles. The van der Waals surface area contributed by atoms with Gasteiger partial charge in [-0.15, -0.1) is 11.3 Å². The Morgan fingerprint density at radius 1 is 1.37 bits per heavy atom. The molecule has 0 atom stereocenters. The summed E-state index contributed by atoms with van der Waals surface area (Å²) in [6.45, 7) is 2.94. The lowest BCUT2D eigenvalue weighted by Gasteiger charge is -2.31. The molecule has 100 valence electrons. The Morgan fingerprint density at radius 2 is 2.26 bits per heavy atom. The lowest BCUT2D eigenvalue weighted by molar-refractivity contribution is 0.729. The first-order chi connectivity index (χ1) is 9.28. The van der Waals surface area contributed by atoms with E-state index in [-0.39, 0.29) is 0 Å². The van der Waals surface area contributed by atoms with Crippen LogP contribution >= 0.6 is 22.9 Å². The zero-order valence-electron chi connectivity index (χ0n) is 10.9. The average Bonchev–Trinajstić information content (AvgIpc) is 2.88. The summed E-state index contributed by atoms with van der Waals surface area (Å²) in [6.07, 6.45) is 1.14. The molecule has 1 aliphatic rings. The van der Waals surface area contributed by atoms with Crippen LogP contribution < -0.4 is 10.2 Å². The van der Waals surface area contributed by atoms with Crippen LogP contribution in [0.1, 0.15) is 16.0 Å². The zero-order valence-corrected chi connectivity index (χ0v) is 12.5. The first-order valence-corrected chi connectivity index (χ1v) is 7.77. The minimum atomic E-state index is 0.811. The second-order valence-electron chi connectivity index (χ2n) is 4.84. The molecule has 1 aromatic carbocycles. The number of nitrogens with zero attached hydrogens (tertiary/aromatic N) is 1. The second kappa shape index (κ2) is 5.53. The quantitative estimate of drug-likeness (QED) is 0.928. The molecule has 0 fully saturated rings. The lowest BCUT2D eigenvalue weighted by atomic mass is 10.1. The van der Waals surface area contributed by atoms with Crippen LogP contribution in [0.3, 0.4) is 0 Å². The van der Waals surface area contributed by atoms with Gasteiger partial charge in [0.2, 0.25) is 0 Å². The van der Waals surface area contributed by atoms with Gasteiger partial charge in [-0.3, -0.25) is 0 Å². The number of rotatable bonds is 3. The van der Waals surface area contributed by atoms with Crippen LogP contribution in [0.25, 0.3) is 0 Å². The van der Waals surface area contributed by atoms with Crippen molar-refractivity contribution in [2.75, 3.05) is 18.5 Å². The van der Waals surface area contributed by atoms with Crippen molar-refractivity contribution in [2.24, 2.45) is 0 Å². The third kappa shape index (κ3) is 2.64. The summed E-state index contributed by atoms with van der Waals surface area (Å²) in [6, 6.07) is 8.43. The van der Waals surface area contributed by atoms with Crippen molar-refractivity contribution in [1.82, 2.24) is 5.32 Å². The normalized spacial score (nSPS) is 14.5. The Balaban J connectivity index is 1.92. The van der Waals surface area contributed by atoms with E-state index in [1.54, 1.807) is 0 Å². The van der Waals surface area contributed by atoms with Crippen molar-refractivity contribution in [3.8, 4) is 0 Å². The van der Waals surface area contributed by atoms with Gasteiger partial charge < -0.3 is 10.2 Å². The van der Waals surface area contributed by atoms with Crippen LogP contribution in [-0.4, -0.2) is 13.6 Å². The zero-order chi connectivity index (χ0) is 13.2. The van der Waals surface area contributed by atoms with Crippen molar-refractivity contribution in [2.45, 2.75) is 19.5 Å². The van der Waals surface area contributed by atoms with E-state index in [9.17, 15) is 0 Å². The van der Waals surface area contributed by atoms with Gasteiger partial charge in [0.25, 0.3) is 0 Å². The fourth-order valence-corrected chi connectivity index (χ4v) is 3.68. The molecule has 19 heavy (non-hydrogen) atoms. The number of nitrogens with one attached hydrogen (secondary N) is 1. The van der Waals surface area contributed by atoms with Gasteiger partial charge >= 0.3 is 0 Å². The maximum atomic E-state index is 6.17. The van der Waals surface area contributed by atoms with Crippen LogP contribution in [0, 0.1) is 0 Å². The summed E-state index contributed by atoms with van der Waals surface area (Å²) in [4.78, 5) is 3.97. The highest BCUT2D eigenvalue weighted by Crippen LogP contribution is 2.31. The third-order valence-electron chi connectivity index (χ3n) is 3.56. The van der Waals surface area contributed by atoms with E-state index in [0.29, 0.717) is 0 Å². The first-order valence-electron chi connectivity index (χ1n) is 6.51. The number of anilines is 1. The van der Waals surface area contributed by atoms with Crippen LogP contribution in [-0.2, 0) is 19.5 Å². The SMILES string of the molecule is CNCc1ccc(Cl)cc1N1CCc2sccc2C1. The molecule has 0 radical (unpaired) electrons. The van der Waals surface area contributed by atoms with E-state index in [2.05, 4.69) is 33.8 Å². The van der Waals surface area contributed by atoms with Crippen LogP contribution in [0.2, 0.25) is 5.02 Å². The molecule has 0 saturated carbocycles. The van der Waals surface area contributed by atoms with Crippen molar-refractivity contribution >= 4 is 28.6 Å². The average molecular weight is 293 g/mol. The molecular formula is C15H17ClN2S. The molecule has 4 heteroatoms. The fourth-order valence-electron chi connectivity index (χ4n) is 2.63. The minimum Gasteiger partial charge on any atom is -0.366 e. The number of hydrogen-bond donors (Lipinski definition) is 1. The van der Waals surface area contributed by atoms with E-state index in [0.717, 1.165) is 31.1 Å². The Kier molecular flexibility index (Phi) is 3.78. The van der Waals surface area contributed by atoms with Gasteiger partial charge in [-0.2, -0.15) is 0 Å². The number of halogens is 1. The molecule has 1 aromatic heterocycles. The predicted octanol–water partition coefficient (Wildman–Crippen LogP) is 3.68. The Hall–Kier alpha value is -1.03. The Morgan fingerprint density at radius 3 is 3.11 bits per heavy atom. The third-order valence-corrected chi connectivity index (χ3v) is 4.82. The molecule has 0 spiro atoms. The molecule has 0 bridgehead atoms. The van der Waals surface area contributed by atoms with Gasteiger partial charge in [-0.1, -0.05) is 17.7 Å². The van der Waals surface area contributed by atoms with Crippen molar-refractivity contribution in [3.63, 3.8) is 0 Å². The standard InChI is InChI=1S/C15H17ClN2S/c1-17-9-11-2-3-13(16)8-14(11)18-6-4-15-12(10-18)5-7-19-15/h2-3,5,7-8,17H,4,6,9-10H2,1H3. The molecule has 3 rings (SSSR count). The number of hydrogen-bond acceptors (Lipinski definition) is 3. The summed E-state index contributed by atoms with van der Waals surface area (Å²) >= 11 is 8.05. The highest BCUT2D eigenvalue weighted by atomic mass is 35.5. The molecule has 0 saturated heterocycles. The molecule has 1 N–H and O–H groups in total. The highest BCUT2D eigenvalue weighted by molar-refractivity contribution is 7.10. The largest absolute Gasteiger partial charge is 0.366 e. The maximum absolute atomic E-state index is 6.17. The summed E-state index contributed by atoms with van der Waals surface area (Å²) in [5, 5.41) is 6.24. The minimum absolute atomic E-state index is 0.811. The van der Waals surface area contributed by atoms with Crippen LogP contribution in [0.5, 0.6) is 0 Å². The van der Waals surface area contributed by atoms with Gasteiger partial charge in [-0.05, 0) is 48.2 Å². The summed E-state index contributed by atoms with van der Waals surface area (Å²) in [7, 11) is 1.98. The number of fused-ring (bicyclic) bond motifs is 1. The van der Waals surface area contributed by atoms with Crippen molar-refractivity contribution in [1.29, 1.82) is 0 Å². The van der Waals surface area contributed by atoms with Gasteiger partial charge in [-0.25, -0.2) is 0 Å². The van der Waals surface area contributed by atoms with E-state index >= 15 is 0 Å². The molecular weight excluding hydrogens is 276 g/mol. The predicted molar refractivity (Wildman–Crippen MR) is 83.3 cm³/mol. The highest BCUT2D eigenvalue weighted by Gasteiger charge is 2.19. The van der Waals surface area contributed by atoms with E-state index in [1.807, 2.05) is 24.5 Å². The van der Waals surface area contributed by atoms with Gasteiger partial charge in [0.05, 0.1) is 0 Å². The van der Waals surface area contributed by atoms with Gasteiger partial charge in [0.15, 0.2) is 0 Å². The van der Waals surface area contributed by atoms with Gasteiger partial charge in [0, 0.05) is 35.2 Å². The fraction of sp³-hybridized carbons (Fsp3) is 0.333. The first kappa shape index (κ1) is 13.0. The number of benzene rings is 1. The van der Waals surface area contributed by atoms with E-state index in [4.69, 9.17) is 11.6 Å². The van der Waals surface area contributed by atoms with Crippen LogP contribution in [0.4, 0.5) is 5.69 Å². The smallest absolute Gasteiger partial charge is 0.0440 e. The molecule has 0 unspecified atom stereocenters. The lowest BCUT2D eigenvalue weighted by Crippen LogP contribution is -2.30. The van der Waals surface area contributed by atoms with Crippen molar-refractivity contribution in [3.05, 3.63) is 50.7 Å². The molecule has 2 nitrogen and oxygen atoms in total. The van der Waals surface area contributed by atoms with Crippen molar-refractivity contribution < 1.29 is 0 Å². The monoisotopic (exact) mass is 292 g/mol. The molecule has 0 amide bonds. The summed E-state index contributed by atoms with van der Waals surface area (Å²) in [5.74, 6) is 0. The maximum Gasteiger partial charge on any atom is 0.0440 e. The topological polar surface area (TPSA) is 15.3 Å². The Bertz CT molecular complexity index is 579. The number of thiophene rings is 1. The summed E-state index contributed by atoms with van der Waals surface area (Å²) < 4.78 is 0. The van der Waals surface area contributed by atoms with E-state index in [1.165, 1.54) is 21.7 Å². The van der Waals surface area contributed by atoms with Gasteiger partial charge in [0.1, 0.15) is 0 Å². The van der Waals surface area contributed by atoms with E-state index < -0.39 is 0 Å². The van der Waals surface area contributed by atoms with Crippen LogP contribution in [0.15, 0.2) is 29.6 Å². The molecule has 2 heterocycles. The second-order valence-corrected chi connectivity index (χ2v) is 6.28. The molecule has 2 aromatic rings.